The van der Waals surface area contributed by atoms with Gasteiger partial charge in [0.25, 0.3) is 0 Å². The van der Waals surface area contributed by atoms with Gasteiger partial charge in [0.05, 0.1) is 5.69 Å². The third-order valence-corrected chi connectivity index (χ3v) is 2.20. The van der Waals surface area contributed by atoms with Crippen LogP contribution in [0.4, 0.5) is 4.79 Å². The number of pyridine rings is 1. The molecule has 4 nitrogen and oxygen atoms in total. The first-order valence-corrected chi connectivity index (χ1v) is 6.43. The molecule has 104 valence electrons. The molecule has 0 aliphatic rings. The van der Waals surface area contributed by atoms with Crippen molar-refractivity contribution in [2.24, 2.45) is 0 Å². The number of nitrogens with zero attached hydrogens (tertiary/aromatic N) is 1. The second-order valence-corrected chi connectivity index (χ2v) is 5.38. The fourth-order valence-corrected chi connectivity index (χ4v) is 1.43. The Balaban J connectivity index is 2.26. The summed E-state index contributed by atoms with van der Waals surface area (Å²) in [6.07, 6.45) is 6.08. The van der Waals surface area contributed by atoms with Crippen molar-refractivity contribution in [3.8, 4) is 0 Å². The van der Waals surface area contributed by atoms with Gasteiger partial charge in [0, 0.05) is 12.7 Å². The Kier molecular flexibility index (Phi) is 5.55. The Hall–Kier alpha value is -1.84. The predicted octanol–water partition coefficient (Wildman–Crippen LogP) is 3.32. The van der Waals surface area contributed by atoms with Gasteiger partial charge in [-0.05, 0) is 57.9 Å². The zero-order valence-electron chi connectivity index (χ0n) is 12.1. The number of carbonyl (C=O) groups excluding carboxylic acids is 1. The summed E-state index contributed by atoms with van der Waals surface area (Å²) >= 11 is 0. The molecule has 1 rings (SSSR count). The summed E-state index contributed by atoms with van der Waals surface area (Å²) in [7, 11) is 0. The van der Waals surface area contributed by atoms with Crippen LogP contribution in [0.2, 0.25) is 0 Å². The van der Waals surface area contributed by atoms with Gasteiger partial charge in [0.1, 0.15) is 5.60 Å². The number of aryl methyl sites for hydroxylation is 1. The van der Waals surface area contributed by atoms with E-state index in [2.05, 4.69) is 10.3 Å². The maximum Gasteiger partial charge on any atom is 0.407 e. The molecule has 0 aliphatic carbocycles. The Morgan fingerprint density at radius 3 is 2.84 bits per heavy atom. The highest BCUT2D eigenvalue weighted by Crippen LogP contribution is 2.06. The molecule has 0 aliphatic heterocycles. The number of carbonyl (C=O) groups is 1. The van der Waals surface area contributed by atoms with Gasteiger partial charge in [0.2, 0.25) is 0 Å². The number of aromatic nitrogens is 1. The Labute approximate surface area is 114 Å². The predicted molar refractivity (Wildman–Crippen MR) is 76.9 cm³/mol. The molecule has 0 saturated heterocycles. The summed E-state index contributed by atoms with van der Waals surface area (Å²) in [5, 5.41) is 2.70. The van der Waals surface area contributed by atoms with Crippen LogP contribution in [0.15, 0.2) is 24.4 Å². The van der Waals surface area contributed by atoms with Crippen LogP contribution < -0.4 is 5.32 Å². The molecular weight excluding hydrogens is 240 g/mol. The largest absolute Gasteiger partial charge is 0.444 e. The minimum atomic E-state index is -0.453. The smallest absolute Gasteiger partial charge is 0.407 e. The molecule has 0 fully saturated rings. The standard InChI is InChI=1S/C15H22N2O2/c1-12-8-10-16-13(11-12)7-5-6-9-17-14(18)19-15(2,3)4/h5,7-8,10-11H,6,9H2,1-4H3,(H,17,18). The highest BCUT2D eigenvalue weighted by atomic mass is 16.6. The molecule has 0 saturated carbocycles. The lowest BCUT2D eigenvalue weighted by Gasteiger charge is -2.19. The first-order chi connectivity index (χ1) is 8.87. The quantitative estimate of drug-likeness (QED) is 0.847. The lowest BCUT2D eigenvalue weighted by atomic mass is 10.2. The van der Waals surface area contributed by atoms with Gasteiger partial charge in [-0.1, -0.05) is 6.08 Å². The molecule has 0 spiro atoms. The molecule has 19 heavy (non-hydrogen) atoms. The second-order valence-electron chi connectivity index (χ2n) is 5.38. The molecule has 1 heterocycles. The summed E-state index contributed by atoms with van der Waals surface area (Å²) in [4.78, 5) is 15.6. The summed E-state index contributed by atoms with van der Waals surface area (Å²) in [5.74, 6) is 0. The zero-order valence-corrected chi connectivity index (χ0v) is 12.1. The number of hydrogen-bond donors (Lipinski definition) is 1. The van der Waals surface area contributed by atoms with Crippen LogP contribution in [-0.2, 0) is 4.74 Å². The van der Waals surface area contributed by atoms with Crippen LogP contribution in [0.25, 0.3) is 6.08 Å². The summed E-state index contributed by atoms with van der Waals surface area (Å²) in [5.41, 5.74) is 1.66. The lowest BCUT2D eigenvalue weighted by Crippen LogP contribution is -2.32. The molecule has 0 unspecified atom stereocenters. The normalized spacial score (nSPS) is 11.6. The van der Waals surface area contributed by atoms with Crippen molar-refractivity contribution in [3.05, 3.63) is 35.7 Å². The van der Waals surface area contributed by atoms with Crippen LogP contribution in [0.5, 0.6) is 0 Å². The molecule has 1 amide bonds. The number of alkyl carbamates (subject to hydrolysis) is 1. The van der Waals surface area contributed by atoms with E-state index in [-0.39, 0.29) is 6.09 Å². The van der Waals surface area contributed by atoms with Crippen molar-refractivity contribution in [1.29, 1.82) is 0 Å². The minimum absolute atomic E-state index is 0.380. The third kappa shape index (κ3) is 7.24. The van der Waals surface area contributed by atoms with Gasteiger partial charge in [-0.3, -0.25) is 4.98 Å². The number of amides is 1. The first kappa shape index (κ1) is 15.2. The monoisotopic (exact) mass is 262 g/mol. The van der Waals surface area contributed by atoms with E-state index in [1.54, 1.807) is 6.20 Å². The SMILES string of the molecule is Cc1ccnc(C=CCCNC(=O)OC(C)(C)C)c1. The summed E-state index contributed by atoms with van der Waals surface area (Å²) < 4.78 is 5.13. The van der Waals surface area contributed by atoms with Crippen molar-refractivity contribution in [2.75, 3.05) is 6.54 Å². The van der Waals surface area contributed by atoms with E-state index in [1.165, 1.54) is 5.56 Å². The first-order valence-electron chi connectivity index (χ1n) is 6.43. The van der Waals surface area contributed by atoms with Crippen LogP contribution >= 0.6 is 0 Å². The molecule has 1 aromatic heterocycles. The molecular formula is C15H22N2O2. The van der Waals surface area contributed by atoms with Crippen molar-refractivity contribution in [1.82, 2.24) is 10.3 Å². The van der Waals surface area contributed by atoms with Gasteiger partial charge in [-0.15, -0.1) is 0 Å². The average molecular weight is 262 g/mol. The van der Waals surface area contributed by atoms with Gasteiger partial charge in [0.15, 0.2) is 0 Å². The summed E-state index contributed by atoms with van der Waals surface area (Å²) in [6.45, 7) is 8.11. The van der Waals surface area contributed by atoms with Crippen LogP contribution in [0.1, 0.15) is 38.4 Å². The fraction of sp³-hybridized carbons (Fsp3) is 0.467. The number of nitrogens with one attached hydrogen (secondary N) is 1. The number of ether oxygens (including phenoxy) is 1. The fourth-order valence-electron chi connectivity index (χ4n) is 1.43. The lowest BCUT2D eigenvalue weighted by molar-refractivity contribution is 0.0529. The number of hydrogen-bond acceptors (Lipinski definition) is 3. The van der Waals surface area contributed by atoms with E-state index in [4.69, 9.17) is 4.74 Å². The molecule has 0 aromatic carbocycles. The van der Waals surface area contributed by atoms with Crippen molar-refractivity contribution < 1.29 is 9.53 Å². The highest BCUT2D eigenvalue weighted by molar-refractivity contribution is 5.67. The van der Waals surface area contributed by atoms with E-state index in [9.17, 15) is 4.79 Å². The van der Waals surface area contributed by atoms with Crippen molar-refractivity contribution >= 4 is 12.2 Å². The molecule has 4 heteroatoms. The zero-order chi connectivity index (χ0) is 14.3. The Morgan fingerprint density at radius 1 is 1.47 bits per heavy atom. The minimum Gasteiger partial charge on any atom is -0.444 e. The average Bonchev–Trinajstić information content (AvgIpc) is 2.26. The van der Waals surface area contributed by atoms with Crippen molar-refractivity contribution in [2.45, 2.75) is 39.7 Å². The summed E-state index contributed by atoms with van der Waals surface area (Å²) in [6, 6.07) is 3.97. The van der Waals surface area contributed by atoms with E-state index >= 15 is 0 Å². The Morgan fingerprint density at radius 2 is 2.21 bits per heavy atom. The van der Waals surface area contributed by atoms with Crippen LogP contribution in [0, 0.1) is 6.92 Å². The maximum absolute atomic E-state index is 11.4. The van der Waals surface area contributed by atoms with Gasteiger partial charge >= 0.3 is 6.09 Å². The molecule has 1 aromatic rings. The van der Waals surface area contributed by atoms with Crippen molar-refractivity contribution in [3.63, 3.8) is 0 Å². The second kappa shape index (κ2) is 6.92. The Bertz CT molecular complexity index is 448. The highest BCUT2D eigenvalue weighted by Gasteiger charge is 2.14. The van der Waals surface area contributed by atoms with E-state index in [1.807, 2.05) is 52.0 Å². The van der Waals surface area contributed by atoms with E-state index in [0.717, 1.165) is 12.1 Å². The molecule has 0 bridgehead atoms. The molecule has 0 radical (unpaired) electrons. The number of rotatable bonds is 4. The van der Waals surface area contributed by atoms with E-state index < -0.39 is 5.60 Å². The molecule has 0 atom stereocenters. The van der Waals surface area contributed by atoms with Gasteiger partial charge < -0.3 is 10.1 Å². The van der Waals surface area contributed by atoms with Gasteiger partial charge in [-0.25, -0.2) is 4.79 Å². The van der Waals surface area contributed by atoms with Crippen LogP contribution in [-0.4, -0.2) is 23.2 Å². The van der Waals surface area contributed by atoms with Gasteiger partial charge in [-0.2, -0.15) is 0 Å². The topological polar surface area (TPSA) is 51.2 Å². The maximum atomic E-state index is 11.4. The molecule has 1 N–H and O–H groups in total. The van der Waals surface area contributed by atoms with Crippen LogP contribution in [0.3, 0.4) is 0 Å². The van der Waals surface area contributed by atoms with E-state index in [0.29, 0.717) is 6.54 Å². The third-order valence-electron chi connectivity index (χ3n) is 2.20.